The van der Waals surface area contributed by atoms with Gasteiger partial charge in [0.05, 0.1) is 16.4 Å². The molecule has 0 saturated carbocycles. The molecule has 0 aliphatic rings. The van der Waals surface area contributed by atoms with E-state index in [4.69, 9.17) is 23.2 Å². The van der Waals surface area contributed by atoms with E-state index < -0.39 is 27.6 Å². The maximum Gasteiger partial charge on any atom is 0.310 e. The van der Waals surface area contributed by atoms with Crippen LogP contribution in [0, 0.1) is 10.1 Å². The number of hydrogen-bond acceptors (Lipinski definition) is 3. The van der Waals surface area contributed by atoms with Gasteiger partial charge in [-0.2, -0.15) is 0 Å². The van der Waals surface area contributed by atoms with Gasteiger partial charge in [0, 0.05) is 6.20 Å². The van der Waals surface area contributed by atoms with E-state index >= 15 is 0 Å². The molecule has 0 aliphatic heterocycles. The van der Waals surface area contributed by atoms with E-state index in [1.807, 2.05) is 0 Å². The summed E-state index contributed by atoms with van der Waals surface area (Å²) in [5, 5.41) is 9.94. The van der Waals surface area contributed by atoms with E-state index in [-0.39, 0.29) is 11.6 Å². The van der Waals surface area contributed by atoms with Crippen molar-refractivity contribution in [3.63, 3.8) is 0 Å². The summed E-state index contributed by atoms with van der Waals surface area (Å²) in [6.45, 7) is 0. The molecule has 0 aromatic carbocycles. The summed E-state index contributed by atoms with van der Waals surface area (Å²) in [5.41, 5.74) is -1.46. The summed E-state index contributed by atoms with van der Waals surface area (Å²) in [6.07, 6.45) is -2.12. The molecule has 82 valence electrons. The van der Waals surface area contributed by atoms with E-state index in [9.17, 15) is 18.9 Å². The van der Waals surface area contributed by atoms with Crippen molar-refractivity contribution in [1.82, 2.24) is 4.98 Å². The van der Waals surface area contributed by atoms with Crippen LogP contribution in [0.1, 0.15) is 17.7 Å². The molecule has 1 aromatic heterocycles. The third-order valence-electron chi connectivity index (χ3n) is 1.64. The maximum absolute atomic E-state index is 12.3. The molecule has 8 heteroatoms. The highest BCUT2D eigenvalue weighted by Gasteiger charge is 2.26. The third kappa shape index (κ3) is 2.32. The molecule has 0 fully saturated rings. The van der Waals surface area contributed by atoms with Crippen LogP contribution in [0.5, 0.6) is 0 Å². The summed E-state index contributed by atoms with van der Waals surface area (Å²) < 4.78 is 24.7. The highest BCUT2D eigenvalue weighted by atomic mass is 35.5. The highest BCUT2D eigenvalue weighted by Crippen LogP contribution is 2.35. The quantitative estimate of drug-likeness (QED) is 0.474. The number of rotatable bonds is 3. The number of nitro groups is 1. The molecular weight excluding hydrogens is 253 g/mol. The first-order chi connectivity index (χ1) is 6.99. The summed E-state index contributed by atoms with van der Waals surface area (Å²) >= 11 is 10.8. The highest BCUT2D eigenvalue weighted by molar-refractivity contribution is 6.33. The molecule has 0 N–H and O–H groups in total. The minimum absolute atomic E-state index is 0.129. The molecule has 0 spiro atoms. The average Bonchev–Trinajstić information content (AvgIpc) is 2.15. The Morgan fingerprint density at radius 1 is 1.60 bits per heavy atom. The maximum atomic E-state index is 12.3. The molecule has 0 saturated heterocycles. The number of hydrogen-bond donors (Lipinski definition) is 0. The van der Waals surface area contributed by atoms with Crippen molar-refractivity contribution in [2.24, 2.45) is 0 Å². The number of alkyl halides is 3. The van der Waals surface area contributed by atoms with Crippen molar-refractivity contribution >= 4 is 28.9 Å². The van der Waals surface area contributed by atoms with Crippen molar-refractivity contribution in [2.45, 2.75) is 12.3 Å². The molecule has 0 radical (unpaired) electrons. The summed E-state index contributed by atoms with van der Waals surface area (Å²) in [7, 11) is 0. The first-order valence-electron chi connectivity index (χ1n) is 3.64. The van der Waals surface area contributed by atoms with E-state index in [0.29, 0.717) is 0 Å². The largest absolute Gasteiger partial charge is 0.310 e. The van der Waals surface area contributed by atoms with Gasteiger partial charge in [0.1, 0.15) is 10.7 Å². The van der Waals surface area contributed by atoms with Gasteiger partial charge in [0.25, 0.3) is 6.43 Å². The van der Waals surface area contributed by atoms with Crippen LogP contribution in [-0.4, -0.2) is 9.91 Å². The molecule has 1 rings (SSSR count). The Morgan fingerprint density at radius 3 is 2.60 bits per heavy atom. The fourth-order valence-electron chi connectivity index (χ4n) is 0.964. The lowest BCUT2D eigenvalue weighted by atomic mass is 10.2. The molecule has 0 atom stereocenters. The fraction of sp³-hybridized carbons (Fsp3) is 0.286. The first kappa shape index (κ1) is 12.1. The van der Waals surface area contributed by atoms with E-state index in [2.05, 4.69) is 4.98 Å². The molecule has 0 unspecified atom stereocenters. The molecule has 4 nitrogen and oxygen atoms in total. The van der Waals surface area contributed by atoms with E-state index in [0.717, 1.165) is 6.20 Å². The summed E-state index contributed by atoms with van der Waals surface area (Å²) in [6, 6.07) is 0. The fourth-order valence-corrected chi connectivity index (χ4v) is 1.47. The zero-order valence-corrected chi connectivity index (χ0v) is 8.60. The normalized spacial score (nSPS) is 10.7. The van der Waals surface area contributed by atoms with Gasteiger partial charge < -0.3 is 0 Å². The monoisotopic (exact) mass is 256 g/mol. The van der Waals surface area contributed by atoms with Gasteiger partial charge in [0.15, 0.2) is 0 Å². The van der Waals surface area contributed by atoms with Gasteiger partial charge in [-0.05, 0) is 0 Å². The zero-order valence-electron chi connectivity index (χ0n) is 7.08. The van der Waals surface area contributed by atoms with Gasteiger partial charge >= 0.3 is 5.69 Å². The number of nitrogens with zero attached hydrogens (tertiary/aromatic N) is 2. The smallest absolute Gasteiger partial charge is 0.258 e. The Labute approximate surface area is 93.0 Å². The van der Waals surface area contributed by atoms with Gasteiger partial charge in [-0.25, -0.2) is 8.78 Å². The summed E-state index contributed by atoms with van der Waals surface area (Å²) in [5.74, 6) is -0.264. The lowest BCUT2D eigenvalue weighted by molar-refractivity contribution is -0.385. The lowest BCUT2D eigenvalue weighted by Crippen LogP contribution is -2.01. The van der Waals surface area contributed by atoms with Crippen LogP contribution < -0.4 is 0 Å². The second-order valence-corrected chi connectivity index (χ2v) is 3.16. The standard InChI is InChI=1S/C7H4Cl2F2N2O2/c8-1-4-6(13(14)15)5(9)3(2-12-4)7(10)11/h2,7H,1H2. The average molecular weight is 257 g/mol. The van der Waals surface area contributed by atoms with Crippen LogP contribution in [-0.2, 0) is 5.88 Å². The Kier molecular flexibility index (Phi) is 3.76. The zero-order chi connectivity index (χ0) is 11.6. The Hall–Kier alpha value is -1.01. The Morgan fingerprint density at radius 2 is 2.20 bits per heavy atom. The molecule has 1 aromatic rings. The Bertz CT molecular complexity index is 401. The van der Waals surface area contributed by atoms with E-state index in [1.165, 1.54) is 0 Å². The second-order valence-electron chi connectivity index (χ2n) is 2.51. The minimum atomic E-state index is -2.91. The van der Waals surface area contributed by atoms with Crippen molar-refractivity contribution in [1.29, 1.82) is 0 Å². The molecule has 0 amide bonds. The molecule has 0 bridgehead atoms. The van der Waals surface area contributed by atoms with Crippen molar-refractivity contribution < 1.29 is 13.7 Å². The summed E-state index contributed by atoms with van der Waals surface area (Å²) in [4.78, 5) is 13.1. The minimum Gasteiger partial charge on any atom is -0.258 e. The van der Waals surface area contributed by atoms with E-state index in [1.54, 1.807) is 0 Å². The molecular formula is C7H4Cl2F2N2O2. The predicted octanol–water partition coefficient (Wildman–Crippen LogP) is 3.32. The Balaban J connectivity index is 3.42. The van der Waals surface area contributed by atoms with Crippen molar-refractivity contribution in [2.75, 3.05) is 0 Å². The lowest BCUT2D eigenvalue weighted by Gasteiger charge is -2.05. The SMILES string of the molecule is O=[N+]([O-])c1c(CCl)ncc(C(F)F)c1Cl. The van der Waals surface area contributed by atoms with Crippen molar-refractivity contribution in [3.8, 4) is 0 Å². The van der Waals surface area contributed by atoms with Crippen molar-refractivity contribution in [3.05, 3.63) is 32.6 Å². The van der Waals surface area contributed by atoms with Crippen LogP contribution in [0.25, 0.3) is 0 Å². The van der Waals surface area contributed by atoms with Gasteiger partial charge in [-0.3, -0.25) is 15.1 Å². The molecule has 1 heterocycles. The molecule has 15 heavy (non-hydrogen) atoms. The second kappa shape index (κ2) is 4.67. The van der Waals surface area contributed by atoms with Crippen LogP contribution in [0.2, 0.25) is 5.02 Å². The predicted molar refractivity (Wildman–Crippen MR) is 50.4 cm³/mol. The van der Waals surface area contributed by atoms with Gasteiger partial charge in [-0.1, -0.05) is 11.6 Å². The van der Waals surface area contributed by atoms with Crippen LogP contribution in [0.3, 0.4) is 0 Å². The number of aromatic nitrogens is 1. The first-order valence-corrected chi connectivity index (χ1v) is 4.56. The number of halogens is 4. The van der Waals surface area contributed by atoms with Crippen LogP contribution in [0.4, 0.5) is 14.5 Å². The van der Waals surface area contributed by atoms with Crippen LogP contribution >= 0.6 is 23.2 Å². The number of pyridine rings is 1. The van der Waals surface area contributed by atoms with Gasteiger partial charge in [-0.15, -0.1) is 11.6 Å². The van der Waals surface area contributed by atoms with Gasteiger partial charge in [0.2, 0.25) is 0 Å². The van der Waals surface area contributed by atoms with Crippen LogP contribution in [0.15, 0.2) is 6.20 Å². The topological polar surface area (TPSA) is 56.0 Å². The molecule has 0 aliphatic carbocycles. The third-order valence-corrected chi connectivity index (χ3v) is 2.29.